The van der Waals surface area contributed by atoms with Crippen molar-refractivity contribution in [3.8, 4) is 0 Å². The van der Waals surface area contributed by atoms with Crippen LogP contribution in [0.1, 0.15) is 80.9 Å². The Kier molecular flexibility index (Phi) is 4.02. The van der Waals surface area contributed by atoms with E-state index in [1.165, 1.54) is 82.3 Å². The number of hydrogen-bond donors (Lipinski definition) is 1. The smallest absolute Gasteiger partial charge is 0.112 e. The second-order valence-electron chi connectivity index (χ2n) is 7.36. The van der Waals surface area contributed by atoms with Crippen molar-refractivity contribution in [2.24, 2.45) is 5.92 Å². The highest BCUT2D eigenvalue weighted by Gasteiger charge is 2.27. The van der Waals surface area contributed by atoms with Gasteiger partial charge >= 0.3 is 0 Å². The summed E-state index contributed by atoms with van der Waals surface area (Å²) in [7, 11) is 0. The first-order chi connectivity index (χ1) is 10.4. The molecule has 4 rings (SSSR count). The van der Waals surface area contributed by atoms with Gasteiger partial charge in [-0.2, -0.15) is 0 Å². The molecule has 0 amide bonds. The molecule has 1 aromatic rings. The van der Waals surface area contributed by atoms with Crippen LogP contribution < -0.4 is 5.32 Å². The molecule has 1 N–H and O–H groups in total. The van der Waals surface area contributed by atoms with Gasteiger partial charge in [0.2, 0.25) is 0 Å². The summed E-state index contributed by atoms with van der Waals surface area (Å²) in [6, 6.07) is 0. The molecule has 0 unspecified atom stereocenters. The molecule has 2 heterocycles. The fraction of sp³-hybridized carbons (Fsp3) is 0.833. The van der Waals surface area contributed by atoms with Crippen LogP contribution in [0.4, 0.5) is 0 Å². The zero-order valence-corrected chi connectivity index (χ0v) is 13.2. The van der Waals surface area contributed by atoms with Crippen LogP contribution in [-0.2, 0) is 19.5 Å². The molecule has 0 aromatic carbocycles. The molecule has 3 heteroatoms. The van der Waals surface area contributed by atoms with Crippen molar-refractivity contribution in [3.05, 3.63) is 17.2 Å². The summed E-state index contributed by atoms with van der Waals surface area (Å²) in [5.41, 5.74) is 2.92. The van der Waals surface area contributed by atoms with E-state index in [4.69, 9.17) is 4.98 Å². The molecule has 21 heavy (non-hydrogen) atoms. The molecular formula is C18H29N3. The van der Waals surface area contributed by atoms with Gasteiger partial charge in [0, 0.05) is 37.7 Å². The Morgan fingerprint density at radius 3 is 2.62 bits per heavy atom. The molecule has 2 saturated carbocycles. The van der Waals surface area contributed by atoms with E-state index in [1.807, 2.05) is 0 Å². The van der Waals surface area contributed by atoms with Crippen molar-refractivity contribution < 1.29 is 0 Å². The third-order valence-corrected chi connectivity index (χ3v) is 5.97. The van der Waals surface area contributed by atoms with Gasteiger partial charge in [0.25, 0.3) is 0 Å². The molecule has 2 fully saturated rings. The maximum atomic E-state index is 5.08. The van der Waals surface area contributed by atoms with Gasteiger partial charge in [-0.25, -0.2) is 4.98 Å². The first-order valence-electron chi connectivity index (χ1n) is 9.20. The summed E-state index contributed by atoms with van der Waals surface area (Å²) in [5, 5.41) is 3.49. The SMILES string of the molecule is C1CCC(CCn2c(C3CCCC3)nc3c2CCNC3)C1. The predicted molar refractivity (Wildman–Crippen MR) is 85.4 cm³/mol. The lowest BCUT2D eigenvalue weighted by atomic mass is 10.0. The van der Waals surface area contributed by atoms with E-state index in [2.05, 4.69) is 9.88 Å². The predicted octanol–water partition coefficient (Wildman–Crippen LogP) is 3.77. The summed E-state index contributed by atoms with van der Waals surface area (Å²) < 4.78 is 2.66. The van der Waals surface area contributed by atoms with Gasteiger partial charge in [0.05, 0.1) is 5.69 Å². The van der Waals surface area contributed by atoms with E-state index in [0.717, 1.165) is 24.9 Å². The second-order valence-corrected chi connectivity index (χ2v) is 7.36. The van der Waals surface area contributed by atoms with Crippen LogP contribution in [0.25, 0.3) is 0 Å². The van der Waals surface area contributed by atoms with Crippen molar-refractivity contribution in [1.82, 2.24) is 14.9 Å². The minimum absolute atomic E-state index is 0.749. The van der Waals surface area contributed by atoms with Crippen molar-refractivity contribution in [1.29, 1.82) is 0 Å². The summed E-state index contributed by atoms with van der Waals surface area (Å²) in [4.78, 5) is 5.08. The number of nitrogens with one attached hydrogen (secondary N) is 1. The molecule has 0 atom stereocenters. The summed E-state index contributed by atoms with van der Waals surface area (Å²) in [6.07, 6.45) is 14.0. The van der Waals surface area contributed by atoms with E-state index in [0.29, 0.717) is 0 Å². The molecule has 0 saturated heterocycles. The summed E-state index contributed by atoms with van der Waals surface area (Å²) in [5.74, 6) is 3.18. The van der Waals surface area contributed by atoms with Gasteiger partial charge in [0.1, 0.15) is 5.82 Å². The molecule has 1 aromatic heterocycles. The minimum Gasteiger partial charge on any atom is -0.331 e. The van der Waals surface area contributed by atoms with Crippen molar-refractivity contribution in [2.75, 3.05) is 6.54 Å². The normalized spacial score (nSPS) is 23.8. The Morgan fingerprint density at radius 1 is 1.05 bits per heavy atom. The monoisotopic (exact) mass is 287 g/mol. The zero-order chi connectivity index (χ0) is 14.1. The van der Waals surface area contributed by atoms with Gasteiger partial charge in [0.15, 0.2) is 0 Å². The topological polar surface area (TPSA) is 29.9 Å². The number of rotatable bonds is 4. The largest absolute Gasteiger partial charge is 0.331 e. The van der Waals surface area contributed by atoms with Crippen LogP contribution in [0.15, 0.2) is 0 Å². The highest BCUT2D eigenvalue weighted by Crippen LogP contribution is 2.36. The van der Waals surface area contributed by atoms with E-state index < -0.39 is 0 Å². The minimum atomic E-state index is 0.749. The highest BCUT2D eigenvalue weighted by atomic mass is 15.1. The van der Waals surface area contributed by atoms with E-state index in [9.17, 15) is 0 Å². The van der Waals surface area contributed by atoms with E-state index >= 15 is 0 Å². The standard InChI is InChI=1S/C18H29N3/c1-2-6-14(5-1)10-12-21-17-9-11-19-13-16(17)20-18(21)15-7-3-4-8-15/h14-15,19H,1-13H2. The molecule has 0 spiro atoms. The number of aromatic nitrogens is 2. The Hall–Kier alpha value is -0.830. The number of imidazole rings is 1. The third kappa shape index (κ3) is 2.77. The van der Waals surface area contributed by atoms with Crippen molar-refractivity contribution in [2.45, 2.75) is 83.2 Å². The van der Waals surface area contributed by atoms with Crippen molar-refractivity contribution in [3.63, 3.8) is 0 Å². The number of hydrogen-bond acceptors (Lipinski definition) is 2. The van der Waals surface area contributed by atoms with Crippen LogP contribution >= 0.6 is 0 Å². The van der Waals surface area contributed by atoms with Crippen LogP contribution in [-0.4, -0.2) is 16.1 Å². The molecule has 3 aliphatic rings. The first-order valence-corrected chi connectivity index (χ1v) is 9.20. The van der Waals surface area contributed by atoms with Gasteiger partial charge in [-0.3, -0.25) is 0 Å². The molecule has 116 valence electrons. The van der Waals surface area contributed by atoms with Crippen LogP contribution in [0, 0.1) is 5.92 Å². The quantitative estimate of drug-likeness (QED) is 0.913. The lowest BCUT2D eigenvalue weighted by Crippen LogP contribution is -2.25. The average molecular weight is 287 g/mol. The molecule has 2 aliphatic carbocycles. The lowest BCUT2D eigenvalue weighted by Gasteiger charge is -2.19. The van der Waals surface area contributed by atoms with Crippen LogP contribution in [0.3, 0.4) is 0 Å². The Labute approximate surface area is 128 Å². The zero-order valence-electron chi connectivity index (χ0n) is 13.2. The molecular weight excluding hydrogens is 258 g/mol. The maximum Gasteiger partial charge on any atom is 0.112 e. The van der Waals surface area contributed by atoms with Gasteiger partial charge < -0.3 is 9.88 Å². The fourth-order valence-corrected chi connectivity index (χ4v) is 4.75. The van der Waals surface area contributed by atoms with E-state index in [1.54, 1.807) is 5.69 Å². The highest BCUT2D eigenvalue weighted by molar-refractivity contribution is 5.22. The van der Waals surface area contributed by atoms with Crippen LogP contribution in [0.5, 0.6) is 0 Å². The van der Waals surface area contributed by atoms with Crippen molar-refractivity contribution >= 4 is 0 Å². The van der Waals surface area contributed by atoms with Gasteiger partial charge in [-0.1, -0.05) is 38.5 Å². The molecule has 1 aliphatic heterocycles. The Morgan fingerprint density at radius 2 is 1.81 bits per heavy atom. The summed E-state index contributed by atoms with van der Waals surface area (Å²) >= 11 is 0. The van der Waals surface area contributed by atoms with Gasteiger partial charge in [-0.05, 0) is 25.2 Å². The Bertz CT molecular complexity index is 479. The van der Waals surface area contributed by atoms with Gasteiger partial charge in [-0.15, -0.1) is 0 Å². The molecule has 0 bridgehead atoms. The van der Waals surface area contributed by atoms with E-state index in [-0.39, 0.29) is 0 Å². The lowest BCUT2D eigenvalue weighted by molar-refractivity contribution is 0.436. The molecule has 0 radical (unpaired) electrons. The maximum absolute atomic E-state index is 5.08. The fourth-order valence-electron chi connectivity index (χ4n) is 4.75. The van der Waals surface area contributed by atoms with Crippen LogP contribution in [0.2, 0.25) is 0 Å². The Balaban J connectivity index is 1.57. The third-order valence-electron chi connectivity index (χ3n) is 5.97. The first kappa shape index (κ1) is 13.8. The summed E-state index contributed by atoms with van der Waals surface area (Å²) in [6.45, 7) is 3.36. The number of fused-ring (bicyclic) bond motifs is 1. The second kappa shape index (κ2) is 6.12. The number of nitrogens with zero attached hydrogens (tertiary/aromatic N) is 2. The average Bonchev–Trinajstić information content (AvgIpc) is 3.25. The molecule has 3 nitrogen and oxygen atoms in total.